The van der Waals surface area contributed by atoms with Crippen molar-refractivity contribution in [3.63, 3.8) is 0 Å². The van der Waals surface area contributed by atoms with E-state index in [9.17, 15) is 34.4 Å². The number of carbonyl (C=O) groups excluding carboxylic acids is 3. The van der Waals surface area contributed by atoms with Crippen molar-refractivity contribution in [3.8, 4) is 0 Å². The molecular formula is C20H26N4O8. The molecule has 0 radical (unpaired) electrons. The summed E-state index contributed by atoms with van der Waals surface area (Å²) >= 11 is 0. The van der Waals surface area contributed by atoms with Gasteiger partial charge in [-0.05, 0) is 32.3 Å². The number of likely N-dealkylation sites (N-methyl/N-ethyl adjacent to an activating group) is 1. The highest BCUT2D eigenvalue weighted by atomic mass is 16.7. The second kappa shape index (κ2) is 10.6. The summed E-state index contributed by atoms with van der Waals surface area (Å²) in [6.07, 6.45) is 0.260. The molecular weight excluding hydrogens is 424 g/mol. The number of hydrogen-bond acceptors (Lipinski definition) is 7. The number of hydrogen-bond donors (Lipinski definition) is 1. The third-order valence-electron chi connectivity index (χ3n) is 5.18. The van der Waals surface area contributed by atoms with E-state index in [4.69, 9.17) is 4.74 Å². The van der Waals surface area contributed by atoms with Gasteiger partial charge in [-0.25, -0.2) is 29.4 Å². The zero-order valence-electron chi connectivity index (χ0n) is 18.0. The number of hydrazine groups is 1. The fourth-order valence-corrected chi connectivity index (χ4v) is 3.56. The molecule has 12 nitrogen and oxygen atoms in total. The zero-order valence-corrected chi connectivity index (χ0v) is 18.0. The minimum Gasteiger partial charge on any atom is -0.480 e. The molecule has 1 aromatic rings. The Kier molecular flexibility index (Phi) is 8.10. The number of carboxylic acids is 1. The van der Waals surface area contributed by atoms with Gasteiger partial charge < -0.3 is 14.7 Å². The minimum absolute atomic E-state index is 0.0228. The van der Waals surface area contributed by atoms with Crippen LogP contribution < -0.4 is 0 Å². The Balaban J connectivity index is 2.34. The average Bonchev–Trinajstić information content (AvgIpc) is 3.05. The Bertz CT molecular complexity index is 878. The Morgan fingerprint density at radius 3 is 2.47 bits per heavy atom. The van der Waals surface area contributed by atoms with Crippen molar-refractivity contribution >= 4 is 23.9 Å². The van der Waals surface area contributed by atoms with Gasteiger partial charge in [0.2, 0.25) is 0 Å². The number of carbonyl (C=O) groups is 4. The lowest BCUT2D eigenvalue weighted by molar-refractivity contribution is -0.666. The van der Waals surface area contributed by atoms with Crippen LogP contribution in [-0.4, -0.2) is 87.1 Å². The van der Waals surface area contributed by atoms with Gasteiger partial charge in [0.05, 0.1) is 13.2 Å². The van der Waals surface area contributed by atoms with E-state index in [1.165, 1.54) is 7.05 Å². The topological polar surface area (TPSA) is 151 Å². The quantitative estimate of drug-likeness (QED) is 0.310. The molecule has 3 atom stereocenters. The number of carboxylic acid groups (broad SMARTS) is 1. The highest BCUT2D eigenvalue weighted by molar-refractivity contribution is 6.02. The molecule has 2 rings (SSSR count). The van der Waals surface area contributed by atoms with Crippen LogP contribution in [0.4, 0.5) is 4.79 Å². The van der Waals surface area contributed by atoms with Crippen LogP contribution >= 0.6 is 0 Å². The standard InChI is InChI=1S/C20H26N4O8/c1-4-32-19(28)15(11-10-14-8-6-5-7-9-14)23(24(30)31)13(2)17(25)22-16(18(26)27)12-21(3)20(22)29/h5-9,13,15-16H,4,10-12H2,1-3H3,(H,26,27)/t13-,15-,16-/m0/s1. The number of aryl methyl sites for hydroxylation is 1. The fourth-order valence-electron chi connectivity index (χ4n) is 3.56. The van der Waals surface area contributed by atoms with Gasteiger partial charge in [0.1, 0.15) is 0 Å². The summed E-state index contributed by atoms with van der Waals surface area (Å²) in [6.45, 7) is 2.43. The molecule has 1 heterocycles. The van der Waals surface area contributed by atoms with Gasteiger partial charge in [0, 0.05) is 7.05 Å². The van der Waals surface area contributed by atoms with Crippen molar-refractivity contribution in [3.05, 3.63) is 46.0 Å². The average molecular weight is 450 g/mol. The summed E-state index contributed by atoms with van der Waals surface area (Å²) in [5.74, 6) is -3.39. The molecule has 32 heavy (non-hydrogen) atoms. The van der Waals surface area contributed by atoms with Crippen LogP contribution in [0, 0.1) is 10.1 Å². The normalized spacial score (nSPS) is 17.6. The molecule has 0 aliphatic carbocycles. The molecule has 3 amide bonds. The van der Waals surface area contributed by atoms with E-state index in [0.717, 1.165) is 17.4 Å². The molecule has 1 saturated heterocycles. The first-order chi connectivity index (χ1) is 15.1. The lowest BCUT2D eigenvalue weighted by Crippen LogP contribution is -2.58. The molecule has 1 aliphatic heterocycles. The van der Waals surface area contributed by atoms with Crippen LogP contribution in [0.1, 0.15) is 25.8 Å². The first-order valence-corrected chi connectivity index (χ1v) is 10.0. The van der Waals surface area contributed by atoms with Crippen molar-refractivity contribution in [1.29, 1.82) is 0 Å². The molecule has 0 bridgehead atoms. The summed E-state index contributed by atoms with van der Waals surface area (Å²) in [4.78, 5) is 63.0. The first kappa shape index (κ1) is 24.6. The van der Waals surface area contributed by atoms with E-state index in [1.54, 1.807) is 37.3 Å². The summed E-state index contributed by atoms with van der Waals surface area (Å²) < 4.78 is 5.00. The predicted octanol–water partition coefficient (Wildman–Crippen LogP) is 0.780. The van der Waals surface area contributed by atoms with Crippen molar-refractivity contribution in [2.75, 3.05) is 20.2 Å². The Morgan fingerprint density at radius 1 is 1.31 bits per heavy atom. The van der Waals surface area contributed by atoms with Gasteiger partial charge in [-0.3, -0.25) is 4.79 Å². The molecule has 1 aliphatic rings. The number of nitro groups is 1. The molecule has 0 spiro atoms. The van der Waals surface area contributed by atoms with Crippen molar-refractivity contribution in [2.45, 2.75) is 44.8 Å². The van der Waals surface area contributed by atoms with Gasteiger partial charge in [0.25, 0.3) is 5.91 Å². The number of imide groups is 1. The third kappa shape index (κ3) is 5.31. The number of esters is 1. The molecule has 0 saturated carbocycles. The third-order valence-corrected chi connectivity index (χ3v) is 5.18. The summed E-state index contributed by atoms with van der Waals surface area (Å²) in [6, 6.07) is 3.57. The second-order valence-corrected chi connectivity index (χ2v) is 7.31. The number of amides is 3. The Hall–Kier alpha value is -3.70. The molecule has 1 N–H and O–H groups in total. The SMILES string of the molecule is CCOC(=O)[C@H](CCc1ccccc1)N([C@@H](C)C(=O)N1C(=O)N(C)C[C@H]1C(=O)O)[N+](=O)[O-]. The van der Waals surface area contributed by atoms with Crippen LogP contribution in [0.3, 0.4) is 0 Å². The van der Waals surface area contributed by atoms with Gasteiger partial charge in [-0.1, -0.05) is 30.3 Å². The zero-order chi connectivity index (χ0) is 24.0. The van der Waals surface area contributed by atoms with Crippen LogP contribution in [-0.2, 0) is 25.5 Å². The number of nitrogens with zero attached hydrogens (tertiary/aromatic N) is 4. The highest BCUT2D eigenvalue weighted by Crippen LogP contribution is 2.21. The lowest BCUT2D eigenvalue weighted by atomic mass is 10.0. The highest BCUT2D eigenvalue weighted by Gasteiger charge is 2.49. The molecule has 0 aromatic heterocycles. The van der Waals surface area contributed by atoms with Crippen molar-refractivity contribution < 1.29 is 34.1 Å². The van der Waals surface area contributed by atoms with Gasteiger partial charge in [-0.2, -0.15) is 0 Å². The van der Waals surface area contributed by atoms with Gasteiger partial charge >= 0.3 is 18.0 Å². The van der Waals surface area contributed by atoms with Gasteiger partial charge in [0.15, 0.2) is 23.2 Å². The largest absolute Gasteiger partial charge is 0.480 e. The number of urea groups is 1. The number of ether oxygens (including phenoxy) is 1. The van der Waals surface area contributed by atoms with E-state index in [-0.39, 0.29) is 19.6 Å². The molecule has 12 heteroatoms. The molecule has 0 unspecified atom stereocenters. The molecule has 1 aromatic carbocycles. The van der Waals surface area contributed by atoms with E-state index >= 15 is 0 Å². The van der Waals surface area contributed by atoms with Crippen molar-refractivity contribution in [1.82, 2.24) is 14.8 Å². The minimum atomic E-state index is -1.60. The van der Waals surface area contributed by atoms with Gasteiger partial charge in [-0.15, -0.1) is 5.01 Å². The van der Waals surface area contributed by atoms with E-state index in [0.29, 0.717) is 16.3 Å². The Morgan fingerprint density at radius 2 is 1.94 bits per heavy atom. The van der Waals surface area contributed by atoms with E-state index < -0.39 is 47.0 Å². The summed E-state index contributed by atoms with van der Waals surface area (Å²) in [7, 11) is 1.32. The fraction of sp³-hybridized carbons (Fsp3) is 0.500. The van der Waals surface area contributed by atoms with Crippen LogP contribution in [0.2, 0.25) is 0 Å². The van der Waals surface area contributed by atoms with E-state index in [1.807, 2.05) is 0 Å². The second-order valence-electron chi connectivity index (χ2n) is 7.31. The lowest BCUT2D eigenvalue weighted by Gasteiger charge is -2.30. The number of aliphatic carboxylic acids is 1. The predicted molar refractivity (Wildman–Crippen MR) is 110 cm³/mol. The first-order valence-electron chi connectivity index (χ1n) is 10.0. The van der Waals surface area contributed by atoms with Crippen LogP contribution in [0.5, 0.6) is 0 Å². The maximum Gasteiger partial charge on any atom is 0.334 e. The Labute approximate surface area is 184 Å². The maximum absolute atomic E-state index is 13.0. The molecule has 1 fully saturated rings. The summed E-state index contributed by atoms with van der Waals surface area (Å²) in [5, 5.41) is 20.8. The van der Waals surface area contributed by atoms with Crippen LogP contribution in [0.15, 0.2) is 30.3 Å². The van der Waals surface area contributed by atoms with Crippen LogP contribution in [0.25, 0.3) is 0 Å². The number of benzene rings is 1. The monoisotopic (exact) mass is 450 g/mol. The maximum atomic E-state index is 13.0. The smallest absolute Gasteiger partial charge is 0.334 e. The summed E-state index contributed by atoms with van der Waals surface area (Å²) in [5.41, 5.74) is 0.825. The van der Waals surface area contributed by atoms with E-state index in [2.05, 4.69) is 0 Å². The number of rotatable bonds is 10. The van der Waals surface area contributed by atoms with Crippen molar-refractivity contribution in [2.24, 2.45) is 0 Å². The molecule has 174 valence electrons.